The second-order valence-electron chi connectivity index (χ2n) is 3.11. The summed E-state index contributed by atoms with van der Waals surface area (Å²) >= 11 is 0. The maximum atomic E-state index is 10.9. The van der Waals surface area contributed by atoms with Gasteiger partial charge in [0.1, 0.15) is 16.1 Å². The van der Waals surface area contributed by atoms with E-state index in [2.05, 4.69) is 6.58 Å². The minimum atomic E-state index is -0.576. The van der Waals surface area contributed by atoms with Crippen LogP contribution in [0.2, 0.25) is 0 Å². The van der Waals surface area contributed by atoms with Gasteiger partial charge < -0.3 is 9.16 Å². The van der Waals surface area contributed by atoms with Crippen molar-refractivity contribution in [1.29, 1.82) is 0 Å². The average Bonchev–Trinajstić information content (AvgIpc) is 2.02. The summed E-state index contributed by atoms with van der Waals surface area (Å²) < 4.78 is 10.3. The van der Waals surface area contributed by atoms with Crippen molar-refractivity contribution in [2.45, 2.75) is 32.5 Å². The second-order valence-corrected chi connectivity index (χ2v) is 3.58. The highest BCUT2D eigenvalue weighted by Crippen LogP contribution is 2.16. The Bertz CT molecular complexity index is 177. The fourth-order valence-corrected chi connectivity index (χ4v) is 1.24. The Morgan fingerprint density at radius 1 is 1.67 bits per heavy atom. The van der Waals surface area contributed by atoms with Crippen molar-refractivity contribution in [3.05, 3.63) is 12.7 Å². The number of carbonyl (C=O) groups is 1. The van der Waals surface area contributed by atoms with Crippen LogP contribution in [0, 0.1) is 0 Å². The van der Waals surface area contributed by atoms with E-state index in [0.717, 1.165) is 6.08 Å². The van der Waals surface area contributed by atoms with Crippen molar-refractivity contribution in [2.75, 3.05) is 0 Å². The zero-order chi connectivity index (χ0) is 9.78. The number of esters is 1. The van der Waals surface area contributed by atoms with Gasteiger partial charge in [0.05, 0.1) is 6.10 Å². The zero-order valence-corrected chi connectivity index (χ0v) is 10.1. The van der Waals surface area contributed by atoms with Crippen LogP contribution < -0.4 is 0 Å². The predicted molar refractivity (Wildman–Crippen MR) is 50.9 cm³/mol. The molecule has 4 heteroatoms. The first-order valence-corrected chi connectivity index (χ1v) is 4.64. The summed E-state index contributed by atoms with van der Waals surface area (Å²) in [5, 5.41) is 0. The Morgan fingerprint density at radius 3 is 2.50 bits per heavy atom. The molecule has 0 fully saturated rings. The van der Waals surface area contributed by atoms with E-state index >= 15 is 0 Å². The van der Waals surface area contributed by atoms with Crippen molar-refractivity contribution in [3.8, 4) is 0 Å². The van der Waals surface area contributed by atoms with Gasteiger partial charge in [-0.25, -0.2) is 4.79 Å². The molecule has 1 atom stereocenters. The molecule has 0 aliphatic rings. The molecule has 0 aliphatic carbocycles. The SMILES string of the molecule is C=CC(=O)OC(C)(C)C(C)O[SiH3]. The molecule has 0 spiro atoms. The lowest BCUT2D eigenvalue weighted by atomic mass is 10.0. The van der Waals surface area contributed by atoms with Crippen molar-refractivity contribution >= 4 is 16.5 Å². The largest absolute Gasteiger partial charge is 0.454 e. The van der Waals surface area contributed by atoms with Crippen LogP contribution in [0.1, 0.15) is 20.8 Å². The molecule has 0 aromatic heterocycles. The first kappa shape index (κ1) is 11.4. The molecule has 0 aromatic carbocycles. The molecule has 0 saturated heterocycles. The van der Waals surface area contributed by atoms with Crippen LogP contribution in [0.3, 0.4) is 0 Å². The van der Waals surface area contributed by atoms with Crippen LogP contribution in [0.25, 0.3) is 0 Å². The summed E-state index contributed by atoms with van der Waals surface area (Å²) in [6.07, 6.45) is 1.08. The zero-order valence-electron chi connectivity index (χ0n) is 8.09. The van der Waals surface area contributed by atoms with E-state index in [0.29, 0.717) is 10.5 Å². The Labute approximate surface area is 76.3 Å². The van der Waals surface area contributed by atoms with Gasteiger partial charge in [-0.3, -0.25) is 0 Å². The van der Waals surface area contributed by atoms with Crippen LogP contribution in [0.4, 0.5) is 0 Å². The summed E-state index contributed by atoms with van der Waals surface area (Å²) in [6, 6.07) is 0. The Hall–Kier alpha value is -0.613. The molecule has 12 heavy (non-hydrogen) atoms. The predicted octanol–water partition coefficient (Wildman–Crippen LogP) is 0.180. The normalized spacial score (nSPS) is 13.9. The van der Waals surface area contributed by atoms with Gasteiger partial charge in [-0.2, -0.15) is 0 Å². The number of carbonyl (C=O) groups excluding carboxylic acids is 1. The quantitative estimate of drug-likeness (QED) is 0.359. The maximum absolute atomic E-state index is 10.9. The Balaban J connectivity index is 4.20. The molecule has 0 rings (SSSR count). The standard InChI is InChI=1S/C8H16O3Si/c1-5-7(9)10-8(3,4)6(2)11-12/h5-6H,1H2,2-4,12H3. The molecule has 0 aliphatic heterocycles. The number of hydrogen-bond acceptors (Lipinski definition) is 3. The molecule has 0 saturated carbocycles. The van der Waals surface area contributed by atoms with Crippen LogP contribution >= 0.6 is 0 Å². The van der Waals surface area contributed by atoms with Crippen molar-refractivity contribution in [3.63, 3.8) is 0 Å². The minimum Gasteiger partial charge on any atom is -0.454 e. The Morgan fingerprint density at radius 2 is 2.17 bits per heavy atom. The number of ether oxygens (including phenoxy) is 1. The molecule has 0 radical (unpaired) electrons. The van der Waals surface area contributed by atoms with Crippen molar-refractivity contribution in [2.24, 2.45) is 0 Å². The highest BCUT2D eigenvalue weighted by molar-refractivity contribution is 5.98. The lowest BCUT2D eigenvalue weighted by molar-refractivity contribution is -0.158. The molecule has 0 N–H and O–H groups in total. The smallest absolute Gasteiger partial charge is 0.330 e. The van der Waals surface area contributed by atoms with Gasteiger partial charge >= 0.3 is 5.97 Å². The molecular formula is C8H16O3Si. The van der Waals surface area contributed by atoms with Crippen LogP contribution in [-0.4, -0.2) is 28.2 Å². The van der Waals surface area contributed by atoms with Crippen LogP contribution in [0.5, 0.6) is 0 Å². The summed E-state index contributed by atoms with van der Waals surface area (Å²) in [5.41, 5.74) is -0.576. The molecule has 1 unspecified atom stereocenters. The summed E-state index contributed by atoms with van der Waals surface area (Å²) in [7, 11) is 0.638. The number of hydrogen-bond donors (Lipinski definition) is 0. The first-order chi connectivity index (χ1) is 5.44. The summed E-state index contributed by atoms with van der Waals surface area (Å²) in [5.74, 6) is -0.412. The Kier molecular flexibility index (Phi) is 4.20. The van der Waals surface area contributed by atoms with E-state index in [1.54, 1.807) is 0 Å². The monoisotopic (exact) mass is 188 g/mol. The van der Waals surface area contributed by atoms with Gasteiger partial charge in [-0.1, -0.05) is 6.58 Å². The average molecular weight is 188 g/mol. The maximum Gasteiger partial charge on any atom is 0.330 e. The van der Waals surface area contributed by atoms with E-state index < -0.39 is 11.6 Å². The van der Waals surface area contributed by atoms with E-state index in [1.165, 1.54) is 0 Å². The van der Waals surface area contributed by atoms with Gasteiger partial charge in [-0.15, -0.1) is 0 Å². The molecule has 0 amide bonds. The third-order valence-electron chi connectivity index (χ3n) is 1.86. The van der Waals surface area contributed by atoms with Gasteiger partial charge in [-0.05, 0) is 20.8 Å². The highest BCUT2D eigenvalue weighted by Gasteiger charge is 2.28. The summed E-state index contributed by atoms with van der Waals surface area (Å²) in [4.78, 5) is 10.9. The lowest BCUT2D eigenvalue weighted by Crippen LogP contribution is -2.40. The lowest BCUT2D eigenvalue weighted by Gasteiger charge is -2.30. The second kappa shape index (κ2) is 4.42. The van der Waals surface area contributed by atoms with Crippen molar-refractivity contribution < 1.29 is 14.0 Å². The van der Waals surface area contributed by atoms with E-state index in [-0.39, 0.29) is 6.10 Å². The fraction of sp³-hybridized carbons (Fsp3) is 0.625. The minimum absolute atomic E-state index is 0.0759. The fourth-order valence-electron chi connectivity index (χ4n) is 0.668. The van der Waals surface area contributed by atoms with Gasteiger partial charge in [0.2, 0.25) is 0 Å². The van der Waals surface area contributed by atoms with E-state index in [9.17, 15) is 4.79 Å². The number of rotatable bonds is 4. The molecule has 0 bridgehead atoms. The van der Waals surface area contributed by atoms with Crippen molar-refractivity contribution in [1.82, 2.24) is 0 Å². The third kappa shape index (κ3) is 3.19. The molecule has 0 heterocycles. The first-order valence-electron chi connectivity index (χ1n) is 3.82. The van der Waals surface area contributed by atoms with E-state index in [4.69, 9.17) is 9.16 Å². The summed E-state index contributed by atoms with van der Waals surface area (Å²) in [6.45, 7) is 8.83. The van der Waals surface area contributed by atoms with Gasteiger partial charge in [0.25, 0.3) is 0 Å². The molecule has 0 aromatic rings. The third-order valence-corrected chi connectivity index (χ3v) is 2.57. The van der Waals surface area contributed by atoms with Gasteiger partial charge in [0.15, 0.2) is 0 Å². The molecule has 70 valence electrons. The van der Waals surface area contributed by atoms with Gasteiger partial charge in [0, 0.05) is 6.08 Å². The van der Waals surface area contributed by atoms with Crippen LogP contribution in [0.15, 0.2) is 12.7 Å². The molecule has 3 nitrogen and oxygen atoms in total. The van der Waals surface area contributed by atoms with Crippen LogP contribution in [-0.2, 0) is 14.0 Å². The topological polar surface area (TPSA) is 35.5 Å². The molecular weight excluding hydrogens is 172 g/mol. The van der Waals surface area contributed by atoms with E-state index in [1.807, 2.05) is 20.8 Å². The highest BCUT2D eigenvalue weighted by atomic mass is 28.2.